The second-order valence-electron chi connectivity index (χ2n) is 5.98. The number of fused-ring (bicyclic) bond motifs is 1. The Morgan fingerprint density at radius 2 is 1.96 bits per heavy atom. The van der Waals surface area contributed by atoms with Crippen molar-refractivity contribution in [1.29, 1.82) is 0 Å². The van der Waals surface area contributed by atoms with Crippen molar-refractivity contribution in [3.8, 4) is 5.75 Å². The van der Waals surface area contributed by atoms with E-state index in [2.05, 4.69) is 22.2 Å². The molecule has 0 amide bonds. The Bertz CT molecular complexity index is 854. The highest BCUT2D eigenvalue weighted by atomic mass is 16.5. The van der Waals surface area contributed by atoms with Crippen molar-refractivity contribution in [3.63, 3.8) is 0 Å². The Hall–Kier alpha value is -2.59. The van der Waals surface area contributed by atoms with Gasteiger partial charge in [0.05, 0.1) is 17.6 Å². The van der Waals surface area contributed by atoms with Crippen molar-refractivity contribution >= 4 is 11.0 Å². The van der Waals surface area contributed by atoms with Crippen molar-refractivity contribution in [3.05, 3.63) is 72.6 Å². The molecule has 0 saturated carbocycles. The maximum Gasteiger partial charge on any atom is 0.138 e. The Balaban J connectivity index is 1.80. The first-order chi connectivity index (χ1) is 12.2. The molecule has 1 unspecified atom stereocenters. The van der Waals surface area contributed by atoms with E-state index in [1.54, 1.807) is 0 Å². The number of benzene rings is 2. The predicted molar refractivity (Wildman–Crippen MR) is 101 cm³/mol. The highest BCUT2D eigenvalue weighted by Crippen LogP contribution is 2.23. The molecule has 0 aliphatic rings. The van der Waals surface area contributed by atoms with Gasteiger partial charge in [-0.1, -0.05) is 43.3 Å². The lowest BCUT2D eigenvalue weighted by Gasteiger charge is -2.14. The lowest BCUT2D eigenvalue weighted by Crippen LogP contribution is -2.14. The number of hydrogen-bond donors (Lipinski definition) is 1. The minimum atomic E-state index is -0.569. The molecule has 0 aliphatic carbocycles. The fourth-order valence-corrected chi connectivity index (χ4v) is 2.98. The Labute approximate surface area is 148 Å². The lowest BCUT2D eigenvalue weighted by molar-refractivity contribution is 0.157. The van der Waals surface area contributed by atoms with Gasteiger partial charge in [-0.05, 0) is 36.6 Å². The summed E-state index contributed by atoms with van der Waals surface area (Å²) in [5.74, 6) is 1.58. The van der Waals surface area contributed by atoms with Crippen LogP contribution < -0.4 is 4.74 Å². The third kappa shape index (κ3) is 3.74. The zero-order chi connectivity index (χ0) is 17.6. The van der Waals surface area contributed by atoms with Gasteiger partial charge in [-0.2, -0.15) is 0 Å². The summed E-state index contributed by atoms with van der Waals surface area (Å²) >= 11 is 0. The van der Waals surface area contributed by atoms with Crippen molar-refractivity contribution in [2.45, 2.75) is 32.4 Å². The number of aliphatic hydroxyl groups is 1. The maximum atomic E-state index is 10.3. The largest absolute Gasteiger partial charge is 0.491 e. The number of rotatable bonds is 8. The van der Waals surface area contributed by atoms with Gasteiger partial charge in [-0.3, -0.25) is 0 Å². The van der Waals surface area contributed by atoms with Crippen molar-refractivity contribution < 1.29 is 9.84 Å². The Kier molecular flexibility index (Phi) is 5.51. The normalized spacial score (nSPS) is 12.2. The summed E-state index contributed by atoms with van der Waals surface area (Å²) in [6.07, 6.45) is 2.72. The van der Waals surface area contributed by atoms with Crippen molar-refractivity contribution in [2.24, 2.45) is 0 Å². The number of para-hydroxylation sites is 3. The van der Waals surface area contributed by atoms with E-state index in [0.29, 0.717) is 25.4 Å². The number of allylic oxidation sites excluding steroid dienone is 1. The molecule has 0 spiro atoms. The molecule has 1 aromatic heterocycles. The molecule has 0 aliphatic heterocycles. The van der Waals surface area contributed by atoms with Crippen LogP contribution >= 0.6 is 0 Å². The van der Waals surface area contributed by atoms with Crippen LogP contribution in [0.1, 0.15) is 30.8 Å². The van der Waals surface area contributed by atoms with E-state index in [-0.39, 0.29) is 0 Å². The van der Waals surface area contributed by atoms with E-state index < -0.39 is 6.10 Å². The first-order valence-electron chi connectivity index (χ1n) is 8.69. The minimum absolute atomic E-state index is 0.512. The lowest BCUT2D eigenvalue weighted by atomic mass is 10.1. The van der Waals surface area contributed by atoms with E-state index in [1.165, 1.54) is 0 Å². The van der Waals surface area contributed by atoms with E-state index >= 15 is 0 Å². The van der Waals surface area contributed by atoms with Crippen LogP contribution in [0, 0.1) is 0 Å². The fourth-order valence-electron chi connectivity index (χ4n) is 2.98. The summed E-state index contributed by atoms with van der Waals surface area (Å²) in [5, 5.41) is 10.3. The van der Waals surface area contributed by atoms with Crippen molar-refractivity contribution in [1.82, 2.24) is 9.55 Å². The van der Waals surface area contributed by atoms with Gasteiger partial charge >= 0.3 is 0 Å². The Morgan fingerprint density at radius 3 is 2.76 bits per heavy atom. The van der Waals surface area contributed by atoms with Gasteiger partial charge in [0.2, 0.25) is 0 Å². The smallest absolute Gasteiger partial charge is 0.138 e. The van der Waals surface area contributed by atoms with E-state index in [0.717, 1.165) is 28.8 Å². The monoisotopic (exact) mass is 336 g/mol. The average molecular weight is 336 g/mol. The molecular weight excluding hydrogens is 312 g/mol. The summed E-state index contributed by atoms with van der Waals surface area (Å²) in [6, 6.07) is 16.0. The summed E-state index contributed by atoms with van der Waals surface area (Å²) in [6.45, 7) is 6.90. The maximum absolute atomic E-state index is 10.3. The van der Waals surface area contributed by atoms with E-state index in [9.17, 15) is 5.11 Å². The molecule has 1 N–H and O–H groups in total. The second-order valence-corrected chi connectivity index (χ2v) is 5.98. The van der Waals surface area contributed by atoms with Gasteiger partial charge < -0.3 is 14.4 Å². The zero-order valence-corrected chi connectivity index (χ0v) is 14.6. The molecule has 25 heavy (non-hydrogen) atoms. The highest BCUT2D eigenvalue weighted by molar-refractivity contribution is 5.76. The fraction of sp³-hybridized carbons (Fsp3) is 0.286. The standard InChI is InChI=1S/C21H24N2O2/c1-3-9-16-10-5-8-13-20(16)25-15-14-23-18-12-7-6-11-17(18)22-21(23)19(24)4-2/h3,5-8,10-13,19,24H,1,4,9,14-15H2,2H3. The molecule has 4 nitrogen and oxygen atoms in total. The van der Waals surface area contributed by atoms with Crippen LogP contribution in [0.3, 0.4) is 0 Å². The SMILES string of the molecule is C=CCc1ccccc1OCCn1c(C(O)CC)nc2ccccc21. The molecule has 0 radical (unpaired) electrons. The molecule has 3 aromatic rings. The van der Waals surface area contributed by atoms with Gasteiger partial charge in [0.25, 0.3) is 0 Å². The van der Waals surface area contributed by atoms with Crippen LogP contribution in [-0.2, 0) is 13.0 Å². The summed E-state index contributed by atoms with van der Waals surface area (Å²) < 4.78 is 8.06. The number of aromatic nitrogens is 2. The number of aliphatic hydroxyl groups excluding tert-OH is 1. The Morgan fingerprint density at radius 1 is 1.20 bits per heavy atom. The predicted octanol–water partition coefficient (Wildman–Crippen LogP) is 4.29. The second kappa shape index (κ2) is 7.99. The zero-order valence-electron chi connectivity index (χ0n) is 14.6. The topological polar surface area (TPSA) is 47.3 Å². The van der Waals surface area contributed by atoms with Crippen LogP contribution in [0.15, 0.2) is 61.2 Å². The highest BCUT2D eigenvalue weighted by Gasteiger charge is 2.16. The molecule has 130 valence electrons. The van der Waals surface area contributed by atoms with Crippen molar-refractivity contribution in [2.75, 3.05) is 6.61 Å². The van der Waals surface area contributed by atoms with Gasteiger partial charge in [0.15, 0.2) is 0 Å². The molecular formula is C21H24N2O2. The number of hydrogen-bond acceptors (Lipinski definition) is 3. The molecule has 0 fully saturated rings. The third-order valence-corrected chi connectivity index (χ3v) is 4.28. The molecule has 0 saturated heterocycles. The molecule has 4 heteroatoms. The quantitative estimate of drug-likeness (QED) is 0.624. The van der Waals surface area contributed by atoms with Crippen LogP contribution in [-0.4, -0.2) is 21.3 Å². The molecule has 2 aromatic carbocycles. The molecule has 1 atom stereocenters. The first-order valence-corrected chi connectivity index (χ1v) is 8.69. The van der Waals surface area contributed by atoms with Crippen LogP contribution in [0.25, 0.3) is 11.0 Å². The molecule has 0 bridgehead atoms. The minimum Gasteiger partial charge on any atom is -0.491 e. The first kappa shape index (κ1) is 17.2. The van der Waals surface area contributed by atoms with Crippen LogP contribution in [0.4, 0.5) is 0 Å². The summed E-state index contributed by atoms with van der Waals surface area (Å²) in [5.41, 5.74) is 3.05. The van der Waals surface area contributed by atoms with Gasteiger partial charge in [-0.25, -0.2) is 4.98 Å². The molecule has 1 heterocycles. The number of nitrogens with zero attached hydrogens (tertiary/aromatic N) is 2. The van der Waals surface area contributed by atoms with E-state index in [1.807, 2.05) is 55.5 Å². The molecule has 3 rings (SSSR count). The van der Waals surface area contributed by atoms with E-state index in [4.69, 9.17) is 4.74 Å². The number of imidazole rings is 1. The average Bonchev–Trinajstić information content (AvgIpc) is 3.01. The third-order valence-electron chi connectivity index (χ3n) is 4.28. The van der Waals surface area contributed by atoms with Gasteiger partial charge in [-0.15, -0.1) is 6.58 Å². The number of ether oxygens (including phenoxy) is 1. The summed E-state index contributed by atoms with van der Waals surface area (Å²) in [7, 11) is 0. The van der Waals surface area contributed by atoms with Crippen LogP contribution in [0.2, 0.25) is 0 Å². The van der Waals surface area contributed by atoms with Gasteiger partial charge in [0.1, 0.15) is 24.3 Å². The summed E-state index contributed by atoms with van der Waals surface area (Å²) in [4.78, 5) is 4.60. The van der Waals surface area contributed by atoms with Crippen LogP contribution in [0.5, 0.6) is 5.75 Å². The van der Waals surface area contributed by atoms with Gasteiger partial charge in [0, 0.05) is 0 Å².